The Bertz CT molecular complexity index is 1090. The Morgan fingerprint density at radius 1 is 1.14 bits per heavy atom. The molecule has 1 N–H and O–H groups in total. The van der Waals surface area contributed by atoms with E-state index >= 15 is 0 Å². The molecule has 0 atom stereocenters. The highest BCUT2D eigenvalue weighted by Crippen LogP contribution is 2.26. The summed E-state index contributed by atoms with van der Waals surface area (Å²) in [6.45, 7) is 1.30. The predicted octanol–water partition coefficient (Wildman–Crippen LogP) is 4.68. The fourth-order valence-corrected chi connectivity index (χ4v) is 4.14. The number of carbonyl (C=O) groups is 1. The van der Waals surface area contributed by atoms with Crippen molar-refractivity contribution < 1.29 is 4.79 Å². The first-order chi connectivity index (χ1) is 14.2. The first-order valence-corrected chi connectivity index (χ1v) is 10.8. The van der Waals surface area contributed by atoms with Crippen LogP contribution < -0.4 is 5.32 Å². The number of halogens is 1. The lowest BCUT2D eigenvalue weighted by atomic mass is 10.1. The van der Waals surface area contributed by atoms with E-state index in [-0.39, 0.29) is 12.3 Å². The molecular formula is C22H19BrN4OS. The predicted molar refractivity (Wildman–Crippen MR) is 119 cm³/mol. The fraction of sp³-hybridized carbons (Fsp3) is 0.136. The van der Waals surface area contributed by atoms with Gasteiger partial charge in [0.2, 0.25) is 5.91 Å². The van der Waals surface area contributed by atoms with Gasteiger partial charge in [-0.1, -0.05) is 52.3 Å². The topological polar surface area (TPSA) is 59.8 Å². The van der Waals surface area contributed by atoms with E-state index in [4.69, 9.17) is 0 Å². The van der Waals surface area contributed by atoms with Crippen molar-refractivity contribution in [2.45, 2.75) is 19.5 Å². The van der Waals surface area contributed by atoms with Crippen LogP contribution in [0.5, 0.6) is 0 Å². The molecule has 29 heavy (non-hydrogen) atoms. The van der Waals surface area contributed by atoms with Gasteiger partial charge < -0.3 is 9.88 Å². The zero-order valence-electron chi connectivity index (χ0n) is 15.6. The number of nitrogens with zero attached hydrogens (tertiary/aromatic N) is 3. The minimum absolute atomic E-state index is 0.0291. The summed E-state index contributed by atoms with van der Waals surface area (Å²) in [7, 11) is 0. The quantitative estimate of drug-likeness (QED) is 0.430. The maximum absolute atomic E-state index is 12.3. The smallest absolute Gasteiger partial charge is 0.226 e. The number of imidazole rings is 1. The molecule has 1 amide bonds. The number of carbonyl (C=O) groups excluding carboxylic acids is 1. The third-order valence-electron chi connectivity index (χ3n) is 4.40. The SMILES string of the molecule is O=C(Cc1csc(-c2cccc(Br)c2)n1)NCc1ccc(Cn2ccnc2)cc1. The van der Waals surface area contributed by atoms with E-state index in [0.29, 0.717) is 6.54 Å². The molecule has 0 aliphatic heterocycles. The number of amides is 1. The van der Waals surface area contributed by atoms with Gasteiger partial charge in [-0.15, -0.1) is 11.3 Å². The van der Waals surface area contributed by atoms with E-state index in [1.165, 1.54) is 5.56 Å². The molecule has 0 fully saturated rings. The number of benzene rings is 2. The molecular weight excluding hydrogens is 448 g/mol. The summed E-state index contributed by atoms with van der Waals surface area (Å²) in [4.78, 5) is 20.9. The zero-order valence-corrected chi connectivity index (χ0v) is 18.0. The van der Waals surface area contributed by atoms with Crippen LogP contribution in [0.4, 0.5) is 0 Å². The summed E-state index contributed by atoms with van der Waals surface area (Å²) >= 11 is 5.03. The van der Waals surface area contributed by atoms with Crippen LogP contribution in [0.3, 0.4) is 0 Å². The Labute approximate surface area is 181 Å². The average molecular weight is 467 g/mol. The molecule has 4 aromatic rings. The molecule has 5 nitrogen and oxygen atoms in total. The van der Waals surface area contributed by atoms with Gasteiger partial charge in [-0.05, 0) is 23.3 Å². The molecule has 0 radical (unpaired) electrons. The van der Waals surface area contributed by atoms with Crippen molar-refractivity contribution >= 4 is 33.2 Å². The van der Waals surface area contributed by atoms with Gasteiger partial charge in [0.05, 0.1) is 18.4 Å². The maximum atomic E-state index is 12.3. The van der Waals surface area contributed by atoms with Crippen molar-refractivity contribution in [3.8, 4) is 10.6 Å². The summed E-state index contributed by atoms with van der Waals surface area (Å²) in [5, 5.41) is 5.84. The van der Waals surface area contributed by atoms with Gasteiger partial charge in [0, 0.05) is 40.9 Å². The molecule has 2 heterocycles. The normalized spacial score (nSPS) is 10.8. The van der Waals surface area contributed by atoms with Gasteiger partial charge in [-0.3, -0.25) is 4.79 Å². The standard InChI is InChI=1S/C22H19BrN4OS/c23-19-3-1-2-18(10-19)22-26-20(14-29-22)11-21(28)25-12-16-4-6-17(7-5-16)13-27-9-8-24-15-27/h1-10,14-15H,11-13H2,(H,25,28). The highest BCUT2D eigenvalue weighted by Gasteiger charge is 2.09. The molecule has 4 rings (SSSR count). The third kappa shape index (κ3) is 5.40. The van der Waals surface area contributed by atoms with Crippen molar-refractivity contribution in [3.05, 3.63) is 93.9 Å². The number of rotatable bonds is 7. The molecule has 2 aromatic heterocycles. The molecule has 0 aliphatic rings. The van der Waals surface area contributed by atoms with Crippen molar-refractivity contribution in [2.24, 2.45) is 0 Å². The van der Waals surface area contributed by atoms with E-state index in [0.717, 1.165) is 32.8 Å². The summed E-state index contributed by atoms with van der Waals surface area (Å²) < 4.78 is 3.04. The number of thiazole rings is 1. The van der Waals surface area contributed by atoms with Crippen molar-refractivity contribution in [2.75, 3.05) is 0 Å². The van der Waals surface area contributed by atoms with E-state index in [9.17, 15) is 4.79 Å². The van der Waals surface area contributed by atoms with E-state index < -0.39 is 0 Å². The lowest BCUT2D eigenvalue weighted by Gasteiger charge is -2.07. The summed E-state index contributed by atoms with van der Waals surface area (Å²) in [6.07, 6.45) is 5.79. The summed E-state index contributed by atoms with van der Waals surface area (Å²) in [6, 6.07) is 16.2. The Kier molecular flexibility index (Phi) is 6.17. The lowest BCUT2D eigenvalue weighted by molar-refractivity contribution is -0.120. The highest BCUT2D eigenvalue weighted by atomic mass is 79.9. The van der Waals surface area contributed by atoms with Crippen LogP contribution >= 0.6 is 27.3 Å². The van der Waals surface area contributed by atoms with Gasteiger partial charge in [0.15, 0.2) is 0 Å². The van der Waals surface area contributed by atoms with Crippen LogP contribution in [0.1, 0.15) is 16.8 Å². The van der Waals surface area contributed by atoms with Crippen molar-refractivity contribution in [1.82, 2.24) is 19.9 Å². The molecule has 0 bridgehead atoms. The van der Waals surface area contributed by atoms with Gasteiger partial charge in [-0.2, -0.15) is 0 Å². The van der Waals surface area contributed by atoms with Crippen LogP contribution in [0.2, 0.25) is 0 Å². The van der Waals surface area contributed by atoms with Crippen LogP contribution in [0.25, 0.3) is 10.6 Å². The first kappa shape index (κ1) is 19.5. The largest absolute Gasteiger partial charge is 0.352 e. The molecule has 7 heteroatoms. The van der Waals surface area contributed by atoms with Crippen LogP contribution in [0, 0.1) is 0 Å². The minimum Gasteiger partial charge on any atom is -0.352 e. The Morgan fingerprint density at radius 3 is 2.72 bits per heavy atom. The number of hydrogen-bond acceptors (Lipinski definition) is 4. The van der Waals surface area contributed by atoms with Gasteiger partial charge in [0.25, 0.3) is 0 Å². The van der Waals surface area contributed by atoms with E-state index in [2.05, 4.69) is 43.3 Å². The highest BCUT2D eigenvalue weighted by molar-refractivity contribution is 9.10. The second-order valence-corrected chi connectivity index (χ2v) is 8.43. The van der Waals surface area contributed by atoms with Crippen LogP contribution in [-0.2, 0) is 24.3 Å². The van der Waals surface area contributed by atoms with Crippen molar-refractivity contribution in [1.29, 1.82) is 0 Å². The number of hydrogen-bond donors (Lipinski definition) is 1. The lowest BCUT2D eigenvalue weighted by Crippen LogP contribution is -2.24. The molecule has 0 aliphatic carbocycles. The van der Waals surface area contributed by atoms with Gasteiger partial charge in [0.1, 0.15) is 5.01 Å². The minimum atomic E-state index is -0.0291. The monoisotopic (exact) mass is 466 g/mol. The van der Waals surface area contributed by atoms with Gasteiger partial charge in [-0.25, -0.2) is 9.97 Å². The zero-order chi connectivity index (χ0) is 20.1. The second-order valence-electron chi connectivity index (χ2n) is 6.66. The maximum Gasteiger partial charge on any atom is 0.226 e. The first-order valence-electron chi connectivity index (χ1n) is 9.16. The molecule has 0 saturated carbocycles. The molecule has 0 unspecified atom stereocenters. The number of nitrogens with one attached hydrogen (secondary N) is 1. The molecule has 2 aromatic carbocycles. The second kappa shape index (κ2) is 9.15. The van der Waals surface area contributed by atoms with E-state index in [1.807, 2.05) is 52.5 Å². The van der Waals surface area contributed by atoms with E-state index in [1.54, 1.807) is 23.9 Å². The summed E-state index contributed by atoms with van der Waals surface area (Å²) in [5.41, 5.74) is 4.10. The average Bonchev–Trinajstić information content (AvgIpc) is 3.40. The number of aromatic nitrogens is 3. The van der Waals surface area contributed by atoms with Gasteiger partial charge >= 0.3 is 0 Å². The van der Waals surface area contributed by atoms with Crippen molar-refractivity contribution in [3.63, 3.8) is 0 Å². The molecule has 0 saturated heterocycles. The fourth-order valence-electron chi connectivity index (χ4n) is 2.92. The Balaban J connectivity index is 1.29. The Hall–Kier alpha value is -2.77. The molecule has 0 spiro atoms. The molecule has 146 valence electrons. The van der Waals surface area contributed by atoms with Crippen LogP contribution in [0.15, 0.2) is 77.1 Å². The van der Waals surface area contributed by atoms with Crippen LogP contribution in [-0.4, -0.2) is 20.4 Å². The Morgan fingerprint density at radius 2 is 1.97 bits per heavy atom. The summed E-state index contributed by atoms with van der Waals surface area (Å²) in [5.74, 6) is -0.0291. The third-order valence-corrected chi connectivity index (χ3v) is 5.84.